The summed E-state index contributed by atoms with van der Waals surface area (Å²) in [7, 11) is 0. The van der Waals surface area contributed by atoms with Crippen molar-refractivity contribution in [2.24, 2.45) is 17.3 Å². The molecule has 142 valence electrons. The Kier molecular flexibility index (Phi) is 4.46. The van der Waals surface area contributed by atoms with Gasteiger partial charge < -0.3 is 15.3 Å². The maximum absolute atomic E-state index is 12.7. The number of nitrogens with one attached hydrogen (secondary N) is 1. The average molecular weight is 357 g/mol. The normalized spacial score (nSPS) is 34.7. The molecule has 4 aliphatic rings. The molecule has 4 aliphatic carbocycles. The van der Waals surface area contributed by atoms with E-state index in [1.54, 1.807) is 6.20 Å². The third kappa shape index (κ3) is 3.34. The molecule has 1 heterocycles. The van der Waals surface area contributed by atoms with Gasteiger partial charge in [-0.3, -0.25) is 4.79 Å². The molecule has 0 unspecified atom stereocenters. The third-order valence-electron chi connectivity index (χ3n) is 6.81. The van der Waals surface area contributed by atoms with Gasteiger partial charge in [0.25, 0.3) is 0 Å². The summed E-state index contributed by atoms with van der Waals surface area (Å²) >= 11 is 0. The van der Waals surface area contributed by atoms with E-state index in [1.807, 2.05) is 12.1 Å². The van der Waals surface area contributed by atoms with Crippen molar-refractivity contribution in [2.75, 3.05) is 23.3 Å². The Morgan fingerprint density at radius 3 is 2.46 bits per heavy atom. The van der Waals surface area contributed by atoms with Crippen molar-refractivity contribution < 1.29 is 9.90 Å². The highest BCUT2D eigenvalue weighted by atomic mass is 16.3. The van der Waals surface area contributed by atoms with Crippen LogP contribution in [0, 0.1) is 17.3 Å². The van der Waals surface area contributed by atoms with E-state index < -0.39 is 5.60 Å². The Hall–Kier alpha value is -1.62. The van der Waals surface area contributed by atoms with Crippen LogP contribution in [0.15, 0.2) is 18.3 Å². The van der Waals surface area contributed by atoms with E-state index in [2.05, 4.69) is 29.0 Å². The summed E-state index contributed by atoms with van der Waals surface area (Å²) in [6.07, 6.45) is 8.45. The third-order valence-corrected chi connectivity index (χ3v) is 6.81. The first-order valence-corrected chi connectivity index (χ1v) is 10.2. The second-order valence-corrected chi connectivity index (χ2v) is 8.99. The van der Waals surface area contributed by atoms with Crippen LogP contribution in [-0.2, 0) is 4.79 Å². The zero-order chi connectivity index (χ0) is 18.4. The number of carbonyl (C=O) groups excluding carboxylic acids is 1. The Morgan fingerprint density at radius 2 is 1.92 bits per heavy atom. The maximum Gasteiger partial charge on any atom is 0.224 e. The molecular formula is C21H31N3O2. The summed E-state index contributed by atoms with van der Waals surface area (Å²) in [6.45, 7) is 6.06. The van der Waals surface area contributed by atoms with Gasteiger partial charge in [-0.05, 0) is 81.8 Å². The van der Waals surface area contributed by atoms with Crippen LogP contribution in [0.25, 0.3) is 0 Å². The Labute approximate surface area is 156 Å². The lowest BCUT2D eigenvalue weighted by molar-refractivity contribution is -0.167. The topological polar surface area (TPSA) is 65.5 Å². The van der Waals surface area contributed by atoms with E-state index in [-0.39, 0.29) is 11.3 Å². The monoisotopic (exact) mass is 357 g/mol. The number of aromatic nitrogens is 1. The molecular weight excluding hydrogens is 326 g/mol. The highest BCUT2D eigenvalue weighted by Crippen LogP contribution is 2.62. The summed E-state index contributed by atoms with van der Waals surface area (Å²) in [5.74, 6) is 2.23. The molecule has 0 aliphatic heterocycles. The van der Waals surface area contributed by atoms with Gasteiger partial charge >= 0.3 is 0 Å². The zero-order valence-corrected chi connectivity index (χ0v) is 16.0. The Bertz CT molecular complexity index is 654. The number of amides is 1. The largest absolute Gasteiger partial charge is 0.390 e. The molecule has 5 heteroatoms. The van der Waals surface area contributed by atoms with Crippen molar-refractivity contribution >= 4 is 17.4 Å². The number of nitrogens with zero attached hydrogens (tertiary/aromatic N) is 2. The summed E-state index contributed by atoms with van der Waals surface area (Å²) < 4.78 is 0. The molecule has 5 rings (SSSR count). The predicted molar refractivity (Wildman–Crippen MR) is 103 cm³/mol. The highest BCUT2D eigenvalue weighted by Gasteiger charge is 2.57. The second kappa shape index (κ2) is 6.52. The van der Waals surface area contributed by atoms with Crippen LogP contribution in [0.3, 0.4) is 0 Å². The average Bonchev–Trinajstić information content (AvgIpc) is 2.54. The smallest absolute Gasteiger partial charge is 0.224 e. The summed E-state index contributed by atoms with van der Waals surface area (Å²) in [5.41, 5.74) is 0.267. The predicted octanol–water partition coefficient (Wildman–Crippen LogP) is 3.59. The molecule has 26 heavy (non-hydrogen) atoms. The van der Waals surface area contributed by atoms with Crippen LogP contribution in [-0.4, -0.2) is 34.7 Å². The molecule has 1 amide bonds. The molecule has 2 atom stereocenters. The van der Waals surface area contributed by atoms with E-state index in [9.17, 15) is 9.90 Å². The number of anilines is 2. The highest BCUT2D eigenvalue weighted by molar-refractivity contribution is 5.91. The summed E-state index contributed by atoms with van der Waals surface area (Å²) in [5, 5.41) is 13.9. The molecule has 2 N–H and O–H groups in total. The van der Waals surface area contributed by atoms with E-state index in [0.717, 1.165) is 56.7 Å². The van der Waals surface area contributed by atoms with Crippen LogP contribution >= 0.6 is 0 Å². The fraction of sp³-hybridized carbons (Fsp3) is 0.714. The van der Waals surface area contributed by atoms with Gasteiger partial charge in [0.1, 0.15) is 5.82 Å². The number of hydrogen-bond acceptors (Lipinski definition) is 4. The van der Waals surface area contributed by atoms with Crippen molar-refractivity contribution in [3.05, 3.63) is 18.3 Å². The van der Waals surface area contributed by atoms with Crippen molar-refractivity contribution in [1.82, 2.24) is 4.98 Å². The van der Waals surface area contributed by atoms with Gasteiger partial charge in [0, 0.05) is 19.5 Å². The molecule has 5 nitrogen and oxygen atoms in total. The number of rotatable bonds is 6. The first kappa shape index (κ1) is 17.8. The van der Waals surface area contributed by atoms with Crippen LogP contribution in [0.2, 0.25) is 0 Å². The molecule has 1 aromatic rings. The quantitative estimate of drug-likeness (QED) is 0.817. The van der Waals surface area contributed by atoms with Gasteiger partial charge in [0.15, 0.2) is 0 Å². The lowest BCUT2D eigenvalue weighted by Gasteiger charge is -2.60. The van der Waals surface area contributed by atoms with E-state index >= 15 is 0 Å². The lowest BCUT2D eigenvalue weighted by Crippen LogP contribution is -2.56. The van der Waals surface area contributed by atoms with E-state index in [1.165, 1.54) is 6.42 Å². The fourth-order valence-corrected chi connectivity index (χ4v) is 6.35. The van der Waals surface area contributed by atoms with Gasteiger partial charge in [-0.1, -0.05) is 0 Å². The lowest BCUT2D eigenvalue weighted by atomic mass is 9.47. The molecule has 0 radical (unpaired) electrons. The van der Waals surface area contributed by atoms with Crippen molar-refractivity contribution in [3.63, 3.8) is 0 Å². The maximum atomic E-state index is 12.7. The molecule has 0 spiro atoms. The van der Waals surface area contributed by atoms with Crippen molar-refractivity contribution in [3.8, 4) is 0 Å². The van der Waals surface area contributed by atoms with Crippen molar-refractivity contribution in [2.45, 2.75) is 64.4 Å². The molecule has 1 aromatic heterocycles. The van der Waals surface area contributed by atoms with Gasteiger partial charge in [-0.25, -0.2) is 4.98 Å². The minimum atomic E-state index is -0.503. The van der Waals surface area contributed by atoms with Crippen molar-refractivity contribution in [1.29, 1.82) is 0 Å². The van der Waals surface area contributed by atoms with Crippen LogP contribution in [0.5, 0.6) is 0 Å². The van der Waals surface area contributed by atoms with Crippen LogP contribution in [0.4, 0.5) is 11.5 Å². The minimum absolute atomic E-state index is 0.0114. The first-order valence-electron chi connectivity index (χ1n) is 10.2. The van der Waals surface area contributed by atoms with E-state index in [0.29, 0.717) is 18.3 Å². The minimum Gasteiger partial charge on any atom is -0.390 e. The Morgan fingerprint density at radius 1 is 1.23 bits per heavy atom. The first-order chi connectivity index (χ1) is 12.4. The molecule has 4 bridgehead atoms. The standard InChI is InChI=1S/C21H31N3O2/c1-3-24(4-2)18-6-5-17(13-22-18)23-19(25)12-20-8-15-7-16(9-20)11-21(26,10-15)14-20/h5-6,13,15-16,26H,3-4,7-12,14H2,1-2H3,(H,23,25)/t15-,16-,20?,21?/m1/s1. The van der Waals surface area contributed by atoms with Crippen LogP contribution in [0.1, 0.15) is 58.8 Å². The molecule has 4 fully saturated rings. The van der Waals surface area contributed by atoms with Gasteiger partial charge in [-0.2, -0.15) is 0 Å². The second-order valence-electron chi connectivity index (χ2n) is 8.99. The molecule has 4 saturated carbocycles. The van der Waals surface area contributed by atoms with Gasteiger partial charge in [0.2, 0.25) is 5.91 Å². The zero-order valence-electron chi connectivity index (χ0n) is 16.0. The molecule has 0 saturated heterocycles. The number of hydrogen-bond donors (Lipinski definition) is 2. The summed E-state index contributed by atoms with van der Waals surface area (Å²) in [6, 6.07) is 3.90. The summed E-state index contributed by atoms with van der Waals surface area (Å²) in [4.78, 5) is 19.4. The number of aliphatic hydroxyl groups is 1. The Balaban J connectivity index is 1.40. The van der Waals surface area contributed by atoms with Gasteiger partial charge in [0.05, 0.1) is 17.5 Å². The number of pyridine rings is 1. The number of carbonyl (C=O) groups is 1. The SMILES string of the molecule is CCN(CC)c1ccc(NC(=O)CC23C[C@H]4C[C@@H](CC(O)(C4)C2)C3)cn1. The van der Waals surface area contributed by atoms with E-state index in [4.69, 9.17) is 0 Å². The molecule has 0 aromatic carbocycles. The van der Waals surface area contributed by atoms with Gasteiger partial charge in [-0.15, -0.1) is 0 Å². The van der Waals surface area contributed by atoms with Crippen LogP contribution < -0.4 is 10.2 Å². The fourth-order valence-electron chi connectivity index (χ4n) is 6.35.